The average Bonchev–Trinajstić information content (AvgIpc) is 2.62. The molecule has 6 nitrogen and oxygen atoms in total. The minimum Gasteiger partial charge on any atom is -0.481 e. The molecule has 1 heterocycles. The van der Waals surface area contributed by atoms with Crippen molar-refractivity contribution in [3.05, 3.63) is 5.89 Å². The van der Waals surface area contributed by atoms with Gasteiger partial charge in [-0.05, 0) is 6.92 Å². The van der Waals surface area contributed by atoms with E-state index in [0.717, 1.165) is 11.8 Å². The maximum absolute atomic E-state index is 10.2. The fraction of sp³-hybridized carbons (Fsp3) is 0.571. The number of aromatic nitrogens is 2. The van der Waals surface area contributed by atoms with Crippen LogP contribution in [0.25, 0.3) is 0 Å². The van der Waals surface area contributed by atoms with Gasteiger partial charge in [0.15, 0.2) is 0 Å². The van der Waals surface area contributed by atoms with E-state index >= 15 is 0 Å². The van der Waals surface area contributed by atoms with E-state index in [0.29, 0.717) is 5.89 Å². The number of hydrogen-bond acceptors (Lipinski definition) is 6. The lowest BCUT2D eigenvalue weighted by Gasteiger charge is -2.01. The Bertz CT molecular complexity index is 314. The van der Waals surface area contributed by atoms with E-state index in [4.69, 9.17) is 14.3 Å². The van der Waals surface area contributed by atoms with Crippen molar-refractivity contribution in [2.24, 2.45) is 0 Å². The molecule has 0 aliphatic carbocycles. The summed E-state index contributed by atoms with van der Waals surface area (Å²) in [5.41, 5.74) is 0. The van der Waals surface area contributed by atoms with Gasteiger partial charge in [0.05, 0.1) is 0 Å². The number of aliphatic carboxylic acids is 1. The van der Waals surface area contributed by atoms with Crippen LogP contribution in [0.5, 0.6) is 0 Å². The highest BCUT2D eigenvalue weighted by molar-refractivity contribution is 7.99. The molecule has 0 aliphatic rings. The first kappa shape index (κ1) is 11.0. The summed E-state index contributed by atoms with van der Waals surface area (Å²) >= 11 is 0.982. The molecule has 1 N–H and O–H groups in total. The molecule has 1 aromatic rings. The third-order valence-corrected chi connectivity index (χ3v) is 2.25. The molecular formula is C7H10N2O4S. The van der Waals surface area contributed by atoms with Crippen LogP contribution in [-0.4, -0.2) is 34.1 Å². The first-order valence-electron chi connectivity index (χ1n) is 3.84. The van der Waals surface area contributed by atoms with Crippen LogP contribution in [-0.2, 0) is 9.53 Å². The summed E-state index contributed by atoms with van der Waals surface area (Å²) in [6.07, 6.45) is -0.276. The molecule has 0 radical (unpaired) electrons. The lowest BCUT2D eigenvalue weighted by atomic mass is 10.4. The second kappa shape index (κ2) is 4.97. The van der Waals surface area contributed by atoms with E-state index in [-0.39, 0.29) is 17.1 Å². The Kier molecular flexibility index (Phi) is 3.90. The molecule has 0 saturated carbocycles. The molecule has 7 heteroatoms. The fourth-order valence-electron chi connectivity index (χ4n) is 0.667. The second-order valence-electron chi connectivity index (χ2n) is 2.47. The van der Waals surface area contributed by atoms with Gasteiger partial charge in [-0.2, -0.15) is 0 Å². The van der Waals surface area contributed by atoms with Gasteiger partial charge in [0.1, 0.15) is 11.9 Å². The Morgan fingerprint density at radius 2 is 2.43 bits per heavy atom. The average molecular weight is 218 g/mol. The number of rotatable bonds is 5. The number of hydrogen-bond donors (Lipinski definition) is 1. The highest BCUT2D eigenvalue weighted by atomic mass is 32.2. The standard InChI is InChI=1S/C7H10N2O4S/c1-4(12-2)6-8-9-7(13-6)14-3-5(10)11/h4H,3H2,1-2H3,(H,10,11). The predicted molar refractivity (Wildman–Crippen MR) is 48.1 cm³/mol. The molecule has 0 fully saturated rings. The van der Waals surface area contributed by atoms with Crippen molar-refractivity contribution in [3.8, 4) is 0 Å². The normalized spacial score (nSPS) is 12.7. The lowest BCUT2D eigenvalue weighted by Crippen LogP contribution is -1.97. The molecule has 0 spiro atoms. The molecule has 0 amide bonds. The Morgan fingerprint density at radius 3 is 3.00 bits per heavy atom. The van der Waals surface area contributed by atoms with Crippen molar-refractivity contribution in [2.75, 3.05) is 12.9 Å². The third-order valence-electron chi connectivity index (χ3n) is 1.44. The zero-order valence-corrected chi connectivity index (χ0v) is 8.58. The van der Waals surface area contributed by atoms with E-state index in [1.165, 1.54) is 7.11 Å². The van der Waals surface area contributed by atoms with E-state index in [2.05, 4.69) is 10.2 Å². The number of carbonyl (C=O) groups is 1. The monoisotopic (exact) mass is 218 g/mol. The predicted octanol–water partition coefficient (Wildman–Crippen LogP) is 0.954. The fourth-order valence-corrected chi connectivity index (χ4v) is 1.16. The SMILES string of the molecule is COC(C)c1nnc(SCC(=O)O)o1. The van der Waals surface area contributed by atoms with Crippen molar-refractivity contribution in [1.29, 1.82) is 0 Å². The van der Waals surface area contributed by atoms with Crippen LogP contribution < -0.4 is 0 Å². The lowest BCUT2D eigenvalue weighted by molar-refractivity contribution is -0.133. The highest BCUT2D eigenvalue weighted by Crippen LogP contribution is 2.20. The largest absolute Gasteiger partial charge is 0.481 e. The van der Waals surface area contributed by atoms with Crippen LogP contribution in [0, 0.1) is 0 Å². The summed E-state index contributed by atoms with van der Waals surface area (Å²) in [7, 11) is 1.53. The third kappa shape index (κ3) is 3.00. The molecule has 78 valence electrons. The number of carboxylic acid groups (broad SMARTS) is 1. The van der Waals surface area contributed by atoms with Gasteiger partial charge in [0, 0.05) is 7.11 Å². The van der Waals surface area contributed by atoms with Crippen LogP contribution in [0.3, 0.4) is 0 Å². The Hall–Kier alpha value is -1.08. The maximum atomic E-state index is 10.2. The van der Waals surface area contributed by atoms with E-state index in [9.17, 15) is 4.79 Å². The van der Waals surface area contributed by atoms with Crippen molar-refractivity contribution in [3.63, 3.8) is 0 Å². The van der Waals surface area contributed by atoms with Crippen LogP contribution >= 0.6 is 11.8 Å². The number of ether oxygens (including phenoxy) is 1. The smallest absolute Gasteiger partial charge is 0.314 e. The summed E-state index contributed by atoms with van der Waals surface area (Å²) in [4.78, 5) is 10.2. The summed E-state index contributed by atoms with van der Waals surface area (Å²) in [5.74, 6) is -0.668. The summed E-state index contributed by atoms with van der Waals surface area (Å²) in [6, 6.07) is 0. The number of methoxy groups -OCH3 is 1. The number of nitrogens with zero attached hydrogens (tertiary/aromatic N) is 2. The van der Waals surface area contributed by atoms with Crippen molar-refractivity contribution >= 4 is 17.7 Å². The van der Waals surface area contributed by atoms with Gasteiger partial charge in [-0.15, -0.1) is 10.2 Å². The molecule has 1 unspecified atom stereocenters. The van der Waals surface area contributed by atoms with Crippen LogP contribution in [0.1, 0.15) is 18.9 Å². The van der Waals surface area contributed by atoms with Crippen LogP contribution in [0.2, 0.25) is 0 Å². The zero-order valence-electron chi connectivity index (χ0n) is 7.76. The first-order chi connectivity index (χ1) is 6.63. The van der Waals surface area contributed by atoms with Crippen molar-refractivity contribution < 1.29 is 19.1 Å². The van der Waals surface area contributed by atoms with Gasteiger partial charge in [-0.3, -0.25) is 4.79 Å². The Labute approximate surface area is 84.7 Å². The van der Waals surface area contributed by atoms with Gasteiger partial charge in [-0.1, -0.05) is 11.8 Å². The van der Waals surface area contributed by atoms with Gasteiger partial charge in [-0.25, -0.2) is 0 Å². The van der Waals surface area contributed by atoms with E-state index in [1.54, 1.807) is 6.92 Å². The Morgan fingerprint density at radius 1 is 1.71 bits per heavy atom. The molecule has 0 bridgehead atoms. The minimum atomic E-state index is -0.922. The highest BCUT2D eigenvalue weighted by Gasteiger charge is 2.13. The second-order valence-corrected chi connectivity index (χ2v) is 3.39. The van der Waals surface area contributed by atoms with Gasteiger partial charge < -0.3 is 14.3 Å². The number of carboxylic acids is 1. The quantitative estimate of drug-likeness (QED) is 0.736. The van der Waals surface area contributed by atoms with Crippen molar-refractivity contribution in [2.45, 2.75) is 18.3 Å². The Balaban J connectivity index is 2.54. The maximum Gasteiger partial charge on any atom is 0.314 e. The summed E-state index contributed by atoms with van der Waals surface area (Å²) < 4.78 is 10.1. The van der Waals surface area contributed by atoms with Crippen LogP contribution in [0.15, 0.2) is 9.64 Å². The minimum absolute atomic E-state index is 0.0942. The number of thioether (sulfide) groups is 1. The summed E-state index contributed by atoms with van der Waals surface area (Å²) in [6.45, 7) is 1.76. The molecule has 0 aliphatic heterocycles. The molecule has 0 saturated heterocycles. The van der Waals surface area contributed by atoms with Gasteiger partial charge >= 0.3 is 5.97 Å². The van der Waals surface area contributed by atoms with Crippen LogP contribution in [0.4, 0.5) is 0 Å². The van der Waals surface area contributed by atoms with E-state index < -0.39 is 5.97 Å². The molecule has 1 rings (SSSR count). The zero-order chi connectivity index (χ0) is 10.6. The van der Waals surface area contributed by atoms with Crippen molar-refractivity contribution in [1.82, 2.24) is 10.2 Å². The molecule has 1 atom stereocenters. The summed E-state index contributed by atoms with van der Waals surface area (Å²) in [5, 5.41) is 16.0. The molecular weight excluding hydrogens is 208 g/mol. The first-order valence-corrected chi connectivity index (χ1v) is 4.83. The molecule has 0 aromatic carbocycles. The van der Waals surface area contributed by atoms with E-state index in [1.807, 2.05) is 0 Å². The molecule has 14 heavy (non-hydrogen) atoms. The van der Waals surface area contributed by atoms with Gasteiger partial charge in [0.2, 0.25) is 5.89 Å². The van der Waals surface area contributed by atoms with Gasteiger partial charge in [0.25, 0.3) is 5.22 Å². The molecule has 1 aromatic heterocycles. The topological polar surface area (TPSA) is 85.5 Å².